The van der Waals surface area contributed by atoms with Gasteiger partial charge >= 0.3 is 12.1 Å². The van der Waals surface area contributed by atoms with Crippen molar-refractivity contribution in [2.24, 2.45) is 4.99 Å². The molecule has 190 valence electrons. The minimum Gasteiger partial charge on any atom is -0.460 e. The maximum atomic E-state index is 15.2. The fraction of sp³-hybridized carbons (Fsp3) is 0.500. The summed E-state index contributed by atoms with van der Waals surface area (Å²) in [6.45, 7) is 12.5. The van der Waals surface area contributed by atoms with Crippen LogP contribution in [0.5, 0.6) is 0 Å². The average molecular weight is 619 g/mol. The van der Waals surface area contributed by atoms with Gasteiger partial charge in [0.25, 0.3) is 0 Å². The number of amides is 1. The van der Waals surface area contributed by atoms with E-state index < -0.39 is 34.6 Å². The predicted octanol–water partition coefficient (Wildman–Crippen LogP) is 5.36. The number of carbonyl (C=O) groups is 2. The predicted molar refractivity (Wildman–Crippen MR) is 139 cm³/mol. The molecule has 0 saturated heterocycles. The van der Waals surface area contributed by atoms with Crippen LogP contribution in [0.2, 0.25) is 5.15 Å². The number of halogens is 3. The van der Waals surface area contributed by atoms with E-state index in [0.29, 0.717) is 15.1 Å². The van der Waals surface area contributed by atoms with E-state index in [4.69, 9.17) is 26.1 Å². The summed E-state index contributed by atoms with van der Waals surface area (Å²) in [4.78, 5) is 33.9. The third kappa shape index (κ3) is 6.72. The molecule has 0 spiro atoms. The third-order valence-corrected chi connectivity index (χ3v) is 6.58. The summed E-state index contributed by atoms with van der Waals surface area (Å²) in [6, 6.07) is 4.45. The van der Waals surface area contributed by atoms with Gasteiger partial charge in [-0.3, -0.25) is 15.1 Å². The van der Waals surface area contributed by atoms with Crippen LogP contribution in [0.25, 0.3) is 0 Å². The number of hydrogen-bond acceptors (Lipinski definition) is 6. The SMILES string of the molecule is CC(C)(C)OC(=O)Cc1ccc(F)c(C2(C)Cn3c(nc(Cl)c3I)C(NC(=O)OC(C)(C)C)=N2)c1. The van der Waals surface area contributed by atoms with Crippen LogP contribution in [0.3, 0.4) is 0 Å². The fourth-order valence-electron chi connectivity index (χ4n) is 3.64. The summed E-state index contributed by atoms with van der Waals surface area (Å²) in [5, 5.41) is 2.87. The lowest BCUT2D eigenvalue weighted by molar-refractivity contribution is -0.153. The van der Waals surface area contributed by atoms with Crippen LogP contribution < -0.4 is 5.32 Å². The lowest BCUT2D eigenvalue weighted by Crippen LogP contribution is -2.44. The molecule has 1 aliphatic rings. The van der Waals surface area contributed by atoms with Crippen LogP contribution in [-0.2, 0) is 32.8 Å². The first-order valence-electron chi connectivity index (χ1n) is 11.0. The largest absolute Gasteiger partial charge is 0.460 e. The fourth-order valence-corrected chi connectivity index (χ4v) is 4.34. The summed E-state index contributed by atoms with van der Waals surface area (Å²) in [6.07, 6.45) is -0.743. The lowest BCUT2D eigenvalue weighted by atomic mass is 9.89. The van der Waals surface area contributed by atoms with Crippen LogP contribution in [-0.4, -0.2) is 38.7 Å². The molecule has 1 N–H and O–H groups in total. The molecule has 0 saturated carbocycles. The first kappa shape index (κ1) is 27.4. The Morgan fingerprint density at radius 1 is 1.20 bits per heavy atom. The summed E-state index contributed by atoms with van der Waals surface area (Å²) < 4.78 is 28.3. The number of benzene rings is 1. The zero-order valence-electron chi connectivity index (χ0n) is 20.8. The molecule has 0 aliphatic carbocycles. The molecule has 1 aromatic carbocycles. The number of aliphatic imine (C=N–C) groups is 1. The Hall–Kier alpha value is -2.21. The summed E-state index contributed by atoms with van der Waals surface area (Å²) >= 11 is 8.31. The number of imidazole rings is 1. The van der Waals surface area contributed by atoms with Crippen LogP contribution in [0.15, 0.2) is 23.2 Å². The number of nitrogens with zero attached hydrogens (tertiary/aromatic N) is 3. The first-order chi connectivity index (χ1) is 16.0. The van der Waals surface area contributed by atoms with Gasteiger partial charge in [-0.15, -0.1) is 0 Å². The topological polar surface area (TPSA) is 94.8 Å². The summed E-state index contributed by atoms with van der Waals surface area (Å²) in [5.74, 6) is -0.467. The lowest BCUT2D eigenvalue weighted by Gasteiger charge is -2.33. The van der Waals surface area contributed by atoms with Crippen molar-refractivity contribution in [3.8, 4) is 0 Å². The van der Waals surface area contributed by atoms with E-state index in [2.05, 4.69) is 10.3 Å². The number of rotatable bonds is 3. The molecule has 1 unspecified atom stereocenters. The number of nitrogens with one attached hydrogen (secondary N) is 1. The molecule has 11 heteroatoms. The van der Waals surface area contributed by atoms with Gasteiger partial charge in [0.05, 0.1) is 13.0 Å². The van der Waals surface area contributed by atoms with E-state index in [9.17, 15) is 9.59 Å². The van der Waals surface area contributed by atoms with Crippen LogP contribution in [0.4, 0.5) is 9.18 Å². The Balaban J connectivity index is 2.02. The molecule has 0 bridgehead atoms. The van der Waals surface area contributed by atoms with Gasteiger partial charge in [0.2, 0.25) is 0 Å². The van der Waals surface area contributed by atoms with Crippen molar-refractivity contribution < 1.29 is 23.5 Å². The van der Waals surface area contributed by atoms with Crippen molar-refractivity contribution in [3.05, 3.63) is 49.8 Å². The number of esters is 1. The summed E-state index contributed by atoms with van der Waals surface area (Å²) in [5.41, 5.74) is -1.66. The Morgan fingerprint density at radius 3 is 2.43 bits per heavy atom. The average Bonchev–Trinajstić information content (AvgIpc) is 2.95. The van der Waals surface area contributed by atoms with E-state index in [1.807, 2.05) is 22.6 Å². The van der Waals surface area contributed by atoms with Crippen molar-refractivity contribution in [1.29, 1.82) is 0 Å². The first-order valence-corrected chi connectivity index (χ1v) is 12.5. The van der Waals surface area contributed by atoms with Gasteiger partial charge in [0.1, 0.15) is 26.3 Å². The Kier molecular flexibility index (Phi) is 7.57. The van der Waals surface area contributed by atoms with Crippen molar-refractivity contribution in [3.63, 3.8) is 0 Å². The zero-order chi connectivity index (χ0) is 26.3. The molecule has 1 atom stereocenters. The summed E-state index contributed by atoms with van der Waals surface area (Å²) in [7, 11) is 0. The van der Waals surface area contributed by atoms with Crippen LogP contribution in [0.1, 0.15) is 65.4 Å². The molecular formula is C24H29ClFIN4O4. The van der Waals surface area contributed by atoms with Gasteiger partial charge in [-0.1, -0.05) is 17.7 Å². The monoisotopic (exact) mass is 618 g/mol. The van der Waals surface area contributed by atoms with Gasteiger partial charge in [-0.2, -0.15) is 0 Å². The van der Waals surface area contributed by atoms with Crippen LogP contribution >= 0.6 is 34.2 Å². The van der Waals surface area contributed by atoms with E-state index in [1.165, 1.54) is 6.07 Å². The van der Waals surface area contributed by atoms with Gasteiger partial charge in [0.15, 0.2) is 16.8 Å². The Morgan fingerprint density at radius 2 is 1.83 bits per heavy atom. The molecule has 1 amide bonds. The maximum Gasteiger partial charge on any atom is 0.413 e. The molecule has 1 aromatic heterocycles. The number of alkyl carbamates (subject to hydrolysis) is 1. The normalized spacial score (nSPS) is 17.9. The third-order valence-electron chi connectivity index (χ3n) is 4.90. The van der Waals surface area contributed by atoms with E-state index >= 15 is 4.39 Å². The van der Waals surface area contributed by atoms with E-state index in [-0.39, 0.29) is 29.5 Å². The highest BCUT2D eigenvalue weighted by molar-refractivity contribution is 14.1. The van der Waals surface area contributed by atoms with E-state index in [0.717, 1.165) is 0 Å². The molecule has 8 nitrogen and oxygen atoms in total. The second-order valence-corrected chi connectivity index (χ2v) is 11.9. The number of aromatic nitrogens is 2. The molecule has 35 heavy (non-hydrogen) atoms. The highest BCUT2D eigenvalue weighted by Crippen LogP contribution is 2.36. The van der Waals surface area contributed by atoms with Gasteiger partial charge in [-0.05, 0) is 88.8 Å². The number of carbonyl (C=O) groups excluding carboxylic acids is 2. The molecule has 0 radical (unpaired) electrons. The smallest absolute Gasteiger partial charge is 0.413 e. The molecule has 0 fully saturated rings. The molecule has 1 aliphatic heterocycles. The molecule has 3 rings (SSSR count). The minimum atomic E-state index is -1.14. The second-order valence-electron chi connectivity index (χ2n) is 10.5. The van der Waals surface area contributed by atoms with Gasteiger partial charge in [0, 0.05) is 5.56 Å². The van der Waals surface area contributed by atoms with E-state index in [1.54, 1.807) is 65.2 Å². The molecule has 2 heterocycles. The van der Waals surface area contributed by atoms with Crippen LogP contribution in [0, 0.1) is 9.52 Å². The quantitative estimate of drug-likeness (QED) is 0.369. The highest BCUT2D eigenvalue weighted by atomic mass is 127. The van der Waals surface area contributed by atoms with Gasteiger partial charge in [-0.25, -0.2) is 14.2 Å². The minimum absolute atomic E-state index is 0.0208. The molecular weight excluding hydrogens is 590 g/mol. The highest BCUT2D eigenvalue weighted by Gasteiger charge is 2.38. The molecule has 2 aromatic rings. The zero-order valence-corrected chi connectivity index (χ0v) is 23.7. The van der Waals surface area contributed by atoms with Crippen molar-refractivity contribution in [1.82, 2.24) is 14.9 Å². The number of ether oxygens (including phenoxy) is 2. The Labute approximate surface area is 222 Å². The van der Waals surface area contributed by atoms with Crippen molar-refractivity contribution in [2.75, 3.05) is 0 Å². The number of hydrogen-bond donors (Lipinski definition) is 1. The van der Waals surface area contributed by atoms with Crippen molar-refractivity contribution in [2.45, 2.75) is 78.2 Å². The second kappa shape index (κ2) is 9.68. The number of amidine groups is 1. The standard InChI is InChI=1S/C24H29ClFIN4O4/c1-22(2,3)34-16(32)11-13-8-9-15(26)14(10-13)24(7)12-31-18(27)17(25)28-20(31)19(30-24)29-21(33)35-23(4,5)6/h8-10H,11-12H2,1-7H3,(H,29,30,33). The maximum absolute atomic E-state index is 15.2. The Bertz CT molecular complexity index is 1200. The van der Waals surface area contributed by atoms with Gasteiger partial charge < -0.3 is 14.0 Å². The number of fused-ring (bicyclic) bond motifs is 1. The van der Waals surface area contributed by atoms with Crippen molar-refractivity contribution >= 4 is 52.1 Å².